The first-order valence-corrected chi connectivity index (χ1v) is 17.6. The molecule has 0 aliphatic rings. The molecule has 0 aromatic rings. The minimum Gasteiger partial charge on any atom is -0.394 e. The summed E-state index contributed by atoms with van der Waals surface area (Å²) in [4.78, 5) is 12.3. The molecule has 0 heterocycles. The molecule has 3 atom stereocenters. The highest BCUT2D eigenvalue weighted by Crippen LogP contribution is 2.15. The number of aliphatic hydroxyl groups is 3. The van der Waals surface area contributed by atoms with E-state index in [0.717, 1.165) is 51.4 Å². The maximum atomic E-state index is 12.3. The Hall–Kier alpha value is -1.17. The third kappa shape index (κ3) is 27.4. The van der Waals surface area contributed by atoms with Crippen LogP contribution in [0.3, 0.4) is 0 Å². The quantitative estimate of drug-likeness (QED) is 0.0487. The average Bonchev–Trinajstić information content (AvgIpc) is 2.97. The van der Waals surface area contributed by atoms with Crippen LogP contribution in [0.5, 0.6) is 0 Å². The molecule has 0 aromatic heterocycles. The molecule has 0 aromatic carbocycles. The smallest absolute Gasteiger partial charge is 0.220 e. The first-order chi connectivity index (χ1) is 20.1. The third-order valence-corrected chi connectivity index (χ3v) is 8.06. The van der Waals surface area contributed by atoms with Crippen molar-refractivity contribution in [1.29, 1.82) is 0 Å². The van der Waals surface area contributed by atoms with Gasteiger partial charge in [-0.2, -0.15) is 0 Å². The molecule has 0 aliphatic heterocycles. The van der Waals surface area contributed by atoms with Gasteiger partial charge in [0, 0.05) is 6.42 Å². The summed E-state index contributed by atoms with van der Waals surface area (Å²) >= 11 is 0. The molecule has 0 rings (SSSR count). The minimum absolute atomic E-state index is 0.161. The fraction of sp³-hybridized carbons (Fsp3) is 0.861. The standard InChI is InChI=1S/C36H69NO4/c1-3-5-7-9-11-13-15-17-18-19-21-23-25-27-29-31-35(40)37-33(32-38)36(41)34(39)30-28-26-24-22-20-16-14-12-10-8-6-4-2/h11,13,17-18,33-34,36,38-39,41H,3-10,12,14-16,19-32H2,1-2H3,(H,37,40)/b13-11-,18-17-/t33-,34+,36-/m0/s1. The van der Waals surface area contributed by atoms with Crippen molar-refractivity contribution in [1.82, 2.24) is 5.32 Å². The lowest BCUT2D eigenvalue weighted by Gasteiger charge is -2.26. The molecular weight excluding hydrogens is 510 g/mol. The van der Waals surface area contributed by atoms with Crippen LogP contribution in [0.4, 0.5) is 0 Å². The highest BCUT2D eigenvalue weighted by atomic mass is 16.3. The Morgan fingerprint density at radius 1 is 0.610 bits per heavy atom. The number of carbonyl (C=O) groups is 1. The van der Waals surface area contributed by atoms with Crippen molar-refractivity contribution >= 4 is 5.91 Å². The van der Waals surface area contributed by atoms with Crippen molar-refractivity contribution in [3.63, 3.8) is 0 Å². The van der Waals surface area contributed by atoms with Crippen LogP contribution in [0.15, 0.2) is 24.3 Å². The minimum atomic E-state index is -1.14. The molecule has 0 saturated carbocycles. The lowest BCUT2D eigenvalue weighted by Crippen LogP contribution is -2.50. The van der Waals surface area contributed by atoms with E-state index >= 15 is 0 Å². The fourth-order valence-electron chi connectivity index (χ4n) is 5.25. The van der Waals surface area contributed by atoms with Gasteiger partial charge >= 0.3 is 0 Å². The molecule has 0 spiro atoms. The first-order valence-electron chi connectivity index (χ1n) is 17.6. The van der Waals surface area contributed by atoms with Crippen LogP contribution in [-0.2, 0) is 4.79 Å². The SMILES string of the molecule is CCCCC/C=C\C/C=C\CCCCCCCC(=O)N[C@@H](CO)[C@H](O)[C@H](O)CCCCCCCCCCCCCC. The number of allylic oxidation sites excluding steroid dienone is 4. The summed E-state index contributed by atoms with van der Waals surface area (Å²) < 4.78 is 0. The molecule has 0 radical (unpaired) electrons. The van der Waals surface area contributed by atoms with E-state index in [-0.39, 0.29) is 12.5 Å². The van der Waals surface area contributed by atoms with E-state index < -0.39 is 18.2 Å². The van der Waals surface area contributed by atoms with E-state index in [4.69, 9.17) is 0 Å². The molecule has 4 N–H and O–H groups in total. The zero-order chi connectivity index (χ0) is 30.2. The van der Waals surface area contributed by atoms with E-state index in [1.54, 1.807) is 0 Å². The Kier molecular flexibility index (Phi) is 30.9. The Labute approximate surface area is 254 Å². The van der Waals surface area contributed by atoms with Gasteiger partial charge in [0.25, 0.3) is 0 Å². The number of unbranched alkanes of at least 4 members (excludes halogenated alkanes) is 19. The lowest BCUT2D eigenvalue weighted by atomic mass is 9.99. The van der Waals surface area contributed by atoms with Gasteiger partial charge in [-0.15, -0.1) is 0 Å². The van der Waals surface area contributed by atoms with Gasteiger partial charge in [0.15, 0.2) is 0 Å². The summed E-state index contributed by atoms with van der Waals surface area (Å²) in [7, 11) is 0. The molecule has 5 nitrogen and oxygen atoms in total. The van der Waals surface area contributed by atoms with Gasteiger partial charge in [0.1, 0.15) is 6.10 Å². The predicted molar refractivity (Wildman–Crippen MR) is 176 cm³/mol. The van der Waals surface area contributed by atoms with Gasteiger partial charge in [-0.3, -0.25) is 4.79 Å². The Morgan fingerprint density at radius 2 is 1.05 bits per heavy atom. The second kappa shape index (κ2) is 31.8. The molecule has 0 bridgehead atoms. The summed E-state index contributed by atoms with van der Waals surface area (Å²) in [5.74, 6) is -0.161. The molecule has 41 heavy (non-hydrogen) atoms. The molecule has 0 aliphatic carbocycles. The van der Waals surface area contributed by atoms with Gasteiger partial charge in [0.05, 0.1) is 18.8 Å². The predicted octanol–water partition coefficient (Wildman–Crippen LogP) is 9.09. The van der Waals surface area contributed by atoms with Crippen LogP contribution in [0, 0.1) is 0 Å². The summed E-state index contributed by atoms with van der Waals surface area (Å²) in [6, 6.07) is -0.812. The molecule has 5 heteroatoms. The van der Waals surface area contributed by atoms with E-state index in [1.165, 1.54) is 96.3 Å². The van der Waals surface area contributed by atoms with Gasteiger partial charge in [-0.05, 0) is 44.9 Å². The molecule has 0 saturated heterocycles. The van der Waals surface area contributed by atoms with Crippen LogP contribution in [0.25, 0.3) is 0 Å². The fourth-order valence-corrected chi connectivity index (χ4v) is 5.25. The van der Waals surface area contributed by atoms with E-state index in [2.05, 4.69) is 43.5 Å². The maximum absolute atomic E-state index is 12.3. The zero-order valence-electron chi connectivity index (χ0n) is 27.2. The Bertz CT molecular complexity index is 606. The Balaban J connectivity index is 3.75. The van der Waals surface area contributed by atoms with Crippen molar-refractivity contribution in [3.8, 4) is 0 Å². The summed E-state index contributed by atoms with van der Waals surface area (Å²) in [5.41, 5.74) is 0. The number of hydrogen-bond donors (Lipinski definition) is 4. The second-order valence-corrected chi connectivity index (χ2v) is 12.1. The van der Waals surface area contributed by atoms with Crippen molar-refractivity contribution < 1.29 is 20.1 Å². The van der Waals surface area contributed by atoms with Crippen LogP contribution < -0.4 is 5.32 Å². The topological polar surface area (TPSA) is 89.8 Å². The normalized spacial score (nSPS) is 14.2. The van der Waals surface area contributed by atoms with Gasteiger partial charge in [-0.1, -0.05) is 147 Å². The highest BCUT2D eigenvalue weighted by Gasteiger charge is 2.26. The summed E-state index contributed by atoms with van der Waals surface area (Å²) in [6.45, 7) is 4.12. The molecule has 1 amide bonds. The summed E-state index contributed by atoms with van der Waals surface area (Å²) in [5, 5.41) is 33.3. The molecule has 0 unspecified atom stereocenters. The van der Waals surface area contributed by atoms with Crippen LogP contribution in [0.2, 0.25) is 0 Å². The van der Waals surface area contributed by atoms with Gasteiger partial charge in [0.2, 0.25) is 5.91 Å². The average molecular weight is 580 g/mol. The highest BCUT2D eigenvalue weighted by molar-refractivity contribution is 5.76. The molecule has 242 valence electrons. The van der Waals surface area contributed by atoms with Crippen LogP contribution >= 0.6 is 0 Å². The number of aliphatic hydroxyl groups excluding tert-OH is 3. The molecular formula is C36H69NO4. The van der Waals surface area contributed by atoms with Gasteiger partial charge < -0.3 is 20.6 Å². The second-order valence-electron chi connectivity index (χ2n) is 12.1. The number of amides is 1. The van der Waals surface area contributed by atoms with E-state index in [0.29, 0.717) is 12.8 Å². The number of carbonyl (C=O) groups excluding carboxylic acids is 1. The maximum Gasteiger partial charge on any atom is 0.220 e. The zero-order valence-corrected chi connectivity index (χ0v) is 27.2. The lowest BCUT2D eigenvalue weighted by molar-refractivity contribution is -0.124. The van der Waals surface area contributed by atoms with Gasteiger partial charge in [-0.25, -0.2) is 0 Å². The third-order valence-electron chi connectivity index (χ3n) is 8.06. The van der Waals surface area contributed by atoms with Crippen molar-refractivity contribution in [2.75, 3.05) is 6.61 Å². The first kappa shape index (κ1) is 39.8. The molecule has 0 fully saturated rings. The van der Waals surface area contributed by atoms with Crippen molar-refractivity contribution in [3.05, 3.63) is 24.3 Å². The number of nitrogens with one attached hydrogen (secondary N) is 1. The van der Waals surface area contributed by atoms with Crippen LogP contribution in [0.1, 0.15) is 174 Å². The number of hydrogen-bond acceptors (Lipinski definition) is 4. The van der Waals surface area contributed by atoms with Crippen molar-refractivity contribution in [2.45, 2.75) is 193 Å². The van der Waals surface area contributed by atoms with Crippen LogP contribution in [-0.4, -0.2) is 46.1 Å². The van der Waals surface area contributed by atoms with E-state index in [9.17, 15) is 20.1 Å². The number of rotatable bonds is 31. The Morgan fingerprint density at radius 3 is 1.59 bits per heavy atom. The van der Waals surface area contributed by atoms with Crippen molar-refractivity contribution in [2.24, 2.45) is 0 Å². The van der Waals surface area contributed by atoms with E-state index in [1.807, 2.05) is 0 Å². The monoisotopic (exact) mass is 580 g/mol. The summed E-state index contributed by atoms with van der Waals surface area (Å²) in [6.07, 6.45) is 35.4. The largest absolute Gasteiger partial charge is 0.394 e.